The van der Waals surface area contributed by atoms with Gasteiger partial charge >= 0.3 is 0 Å². The van der Waals surface area contributed by atoms with Crippen LogP contribution in [0.5, 0.6) is 0 Å². The lowest BCUT2D eigenvalue weighted by Crippen LogP contribution is -2.41. The molecule has 0 atom stereocenters. The van der Waals surface area contributed by atoms with Crippen molar-refractivity contribution in [1.29, 1.82) is 0 Å². The van der Waals surface area contributed by atoms with Crippen molar-refractivity contribution in [2.45, 2.75) is 25.4 Å². The van der Waals surface area contributed by atoms with Crippen molar-refractivity contribution in [3.63, 3.8) is 0 Å². The first kappa shape index (κ1) is 14.1. The van der Waals surface area contributed by atoms with Crippen LogP contribution in [0.4, 0.5) is 0 Å². The fraction of sp³-hybridized carbons (Fsp3) is 0.643. The molecule has 2 rings (SSSR count). The number of piperidine rings is 1. The van der Waals surface area contributed by atoms with Crippen LogP contribution >= 0.6 is 0 Å². The Morgan fingerprint density at radius 3 is 2.79 bits per heavy atom. The first-order valence-corrected chi connectivity index (χ1v) is 6.94. The van der Waals surface area contributed by atoms with Gasteiger partial charge in [0.2, 0.25) is 0 Å². The van der Waals surface area contributed by atoms with Gasteiger partial charge in [0.05, 0.1) is 6.10 Å². The van der Waals surface area contributed by atoms with Gasteiger partial charge < -0.3 is 19.9 Å². The van der Waals surface area contributed by atoms with Crippen LogP contribution in [-0.4, -0.2) is 47.7 Å². The Morgan fingerprint density at radius 1 is 1.47 bits per heavy atom. The molecule has 0 aromatic carbocycles. The number of hydrogen-bond donors (Lipinski definition) is 1. The van der Waals surface area contributed by atoms with Gasteiger partial charge in [-0.3, -0.25) is 4.79 Å². The summed E-state index contributed by atoms with van der Waals surface area (Å²) in [7, 11) is 1.90. The molecule has 106 valence electrons. The molecule has 0 unspecified atom stereocenters. The summed E-state index contributed by atoms with van der Waals surface area (Å²) in [6, 6.07) is 3.77. The predicted molar refractivity (Wildman–Crippen MR) is 74.0 cm³/mol. The molecule has 2 heterocycles. The number of ether oxygens (including phenoxy) is 1. The van der Waals surface area contributed by atoms with Crippen LogP contribution in [0.15, 0.2) is 18.3 Å². The van der Waals surface area contributed by atoms with E-state index in [1.165, 1.54) is 0 Å². The van der Waals surface area contributed by atoms with Gasteiger partial charge in [-0.05, 0) is 37.9 Å². The largest absolute Gasteiger partial charge is 0.378 e. The van der Waals surface area contributed by atoms with Gasteiger partial charge in [0.1, 0.15) is 5.69 Å². The lowest BCUT2D eigenvalue weighted by atomic mass is 10.1. The number of aromatic nitrogens is 1. The van der Waals surface area contributed by atoms with Crippen LogP contribution in [0.25, 0.3) is 0 Å². The lowest BCUT2D eigenvalue weighted by molar-refractivity contribution is 0.00820. The maximum atomic E-state index is 12.3. The normalized spacial score (nSPS) is 16.8. The highest BCUT2D eigenvalue weighted by Crippen LogP contribution is 2.16. The van der Waals surface area contributed by atoms with Crippen molar-refractivity contribution in [3.05, 3.63) is 24.0 Å². The van der Waals surface area contributed by atoms with Crippen LogP contribution in [0, 0.1) is 0 Å². The first-order chi connectivity index (χ1) is 9.22. The van der Waals surface area contributed by atoms with Gasteiger partial charge in [-0.15, -0.1) is 0 Å². The lowest BCUT2D eigenvalue weighted by Gasteiger charge is -2.32. The van der Waals surface area contributed by atoms with Crippen LogP contribution < -0.4 is 5.73 Å². The Bertz CT molecular complexity index is 409. The second-order valence-electron chi connectivity index (χ2n) is 5.01. The van der Waals surface area contributed by atoms with E-state index in [2.05, 4.69) is 0 Å². The van der Waals surface area contributed by atoms with Crippen LogP contribution in [0.1, 0.15) is 29.8 Å². The fourth-order valence-electron chi connectivity index (χ4n) is 2.40. The molecule has 0 radical (unpaired) electrons. The average molecular weight is 265 g/mol. The summed E-state index contributed by atoms with van der Waals surface area (Å²) in [4.78, 5) is 14.2. The number of amides is 1. The first-order valence-electron chi connectivity index (χ1n) is 6.94. The van der Waals surface area contributed by atoms with E-state index >= 15 is 0 Å². The quantitative estimate of drug-likeness (QED) is 0.808. The van der Waals surface area contributed by atoms with E-state index < -0.39 is 0 Å². The Hall–Kier alpha value is -1.33. The topological polar surface area (TPSA) is 60.5 Å². The molecule has 1 aliphatic heterocycles. The van der Waals surface area contributed by atoms with E-state index in [-0.39, 0.29) is 12.0 Å². The molecule has 5 nitrogen and oxygen atoms in total. The Kier molecular flexibility index (Phi) is 4.99. The molecular weight excluding hydrogens is 242 g/mol. The number of aryl methyl sites for hydroxylation is 1. The van der Waals surface area contributed by atoms with E-state index in [0.29, 0.717) is 6.54 Å². The van der Waals surface area contributed by atoms with Crippen molar-refractivity contribution in [2.24, 2.45) is 12.8 Å². The number of hydrogen-bond acceptors (Lipinski definition) is 3. The third kappa shape index (κ3) is 3.58. The third-order valence-electron chi connectivity index (χ3n) is 3.59. The molecular formula is C14H23N3O2. The van der Waals surface area contributed by atoms with Crippen molar-refractivity contribution in [3.8, 4) is 0 Å². The summed E-state index contributed by atoms with van der Waals surface area (Å²) in [5, 5.41) is 0. The molecule has 1 fully saturated rings. The third-order valence-corrected chi connectivity index (χ3v) is 3.59. The van der Waals surface area contributed by atoms with E-state index in [0.717, 1.165) is 44.7 Å². The predicted octanol–water partition coefficient (Wildman–Crippen LogP) is 0.995. The van der Waals surface area contributed by atoms with E-state index in [1.54, 1.807) is 0 Å². The minimum Gasteiger partial charge on any atom is -0.378 e. The molecule has 1 aliphatic rings. The van der Waals surface area contributed by atoms with Crippen LogP contribution in [0.3, 0.4) is 0 Å². The van der Waals surface area contributed by atoms with Crippen molar-refractivity contribution in [2.75, 3.05) is 26.2 Å². The van der Waals surface area contributed by atoms with Crippen LogP contribution in [0.2, 0.25) is 0 Å². The van der Waals surface area contributed by atoms with E-state index in [4.69, 9.17) is 10.5 Å². The second-order valence-corrected chi connectivity index (χ2v) is 5.01. The summed E-state index contributed by atoms with van der Waals surface area (Å²) in [5.41, 5.74) is 6.19. The molecule has 1 amide bonds. The summed E-state index contributed by atoms with van der Waals surface area (Å²) < 4.78 is 7.61. The zero-order chi connectivity index (χ0) is 13.7. The highest BCUT2D eigenvalue weighted by atomic mass is 16.5. The van der Waals surface area contributed by atoms with Gasteiger partial charge in [0.15, 0.2) is 0 Å². The van der Waals surface area contributed by atoms with Gasteiger partial charge in [0.25, 0.3) is 5.91 Å². The van der Waals surface area contributed by atoms with Crippen molar-refractivity contribution in [1.82, 2.24) is 9.47 Å². The van der Waals surface area contributed by atoms with Crippen molar-refractivity contribution < 1.29 is 9.53 Å². The van der Waals surface area contributed by atoms with E-state index in [1.807, 2.05) is 34.8 Å². The summed E-state index contributed by atoms with van der Waals surface area (Å²) in [5.74, 6) is 0.118. The standard InChI is InChI=1S/C14H23N3O2/c1-16-8-2-4-13(16)14(18)17-9-5-12(6-10-17)19-11-3-7-15/h2,4,8,12H,3,5-7,9-11,15H2,1H3. The molecule has 0 bridgehead atoms. The van der Waals surface area contributed by atoms with Gasteiger partial charge in [-0.2, -0.15) is 0 Å². The molecule has 1 aromatic heterocycles. The Morgan fingerprint density at radius 2 is 2.21 bits per heavy atom. The van der Waals surface area contributed by atoms with Gasteiger partial charge in [0, 0.05) is 32.9 Å². The maximum Gasteiger partial charge on any atom is 0.270 e. The Labute approximate surface area is 114 Å². The minimum atomic E-state index is 0.118. The molecule has 0 saturated carbocycles. The van der Waals surface area contributed by atoms with Gasteiger partial charge in [-0.1, -0.05) is 0 Å². The number of nitrogens with zero attached hydrogens (tertiary/aromatic N) is 2. The highest BCUT2D eigenvalue weighted by Gasteiger charge is 2.24. The SMILES string of the molecule is Cn1cccc1C(=O)N1CCC(OCCCN)CC1. The summed E-state index contributed by atoms with van der Waals surface area (Å²) >= 11 is 0. The number of nitrogens with two attached hydrogens (primary N) is 1. The number of rotatable bonds is 5. The van der Waals surface area contributed by atoms with E-state index in [9.17, 15) is 4.79 Å². The molecule has 0 spiro atoms. The maximum absolute atomic E-state index is 12.3. The number of carbonyl (C=O) groups is 1. The summed E-state index contributed by atoms with van der Waals surface area (Å²) in [6.07, 6.45) is 4.92. The van der Waals surface area contributed by atoms with Crippen LogP contribution in [-0.2, 0) is 11.8 Å². The average Bonchev–Trinajstić information content (AvgIpc) is 2.85. The molecule has 0 aliphatic carbocycles. The number of likely N-dealkylation sites (tertiary alicyclic amines) is 1. The molecule has 19 heavy (non-hydrogen) atoms. The molecule has 5 heteroatoms. The smallest absolute Gasteiger partial charge is 0.270 e. The van der Waals surface area contributed by atoms with Gasteiger partial charge in [-0.25, -0.2) is 0 Å². The summed E-state index contributed by atoms with van der Waals surface area (Å²) in [6.45, 7) is 2.95. The highest BCUT2D eigenvalue weighted by molar-refractivity contribution is 5.92. The second kappa shape index (κ2) is 6.73. The monoisotopic (exact) mass is 265 g/mol. The zero-order valence-electron chi connectivity index (χ0n) is 11.5. The number of carbonyl (C=O) groups excluding carboxylic acids is 1. The van der Waals surface area contributed by atoms with Crippen molar-refractivity contribution >= 4 is 5.91 Å². The molecule has 1 aromatic rings. The fourth-order valence-corrected chi connectivity index (χ4v) is 2.40. The molecule has 2 N–H and O–H groups in total. The minimum absolute atomic E-state index is 0.118. The molecule has 1 saturated heterocycles. The zero-order valence-corrected chi connectivity index (χ0v) is 11.5. The Balaban J connectivity index is 1.80.